The van der Waals surface area contributed by atoms with E-state index >= 15 is 0 Å². The van der Waals surface area contributed by atoms with Crippen LogP contribution in [0.2, 0.25) is 0 Å². The summed E-state index contributed by atoms with van der Waals surface area (Å²) in [5, 5.41) is 8.79. The van der Waals surface area contributed by atoms with Gasteiger partial charge in [-0.25, -0.2) is 4.79 Å². The van der Waals surface area contributed by atoms with Gasteiger partial charge < -0.3 is 5.11 Å². The highest BCUT2D eigenvalue weighted by molar-refractivity contribution is 6.19. The van der Waals surface area contributed by atoms with Crippen molar-refractivity contribution in [2.75, 3.05) is 13.6 Å². The number of barbiturate groups is 1. The zero-order valence-electron chi connectivity index (χ0n) is 10.2. The fraction of sp³-hybridized carbons (Fsp3) is 0.455. The molecule has 7 heteroatoms. The molecule has 0 saturated carbocycles. The Hall–Kier alpha value is -2.18. The standard InChI is InChI=1S/C11H14N2O5/c1-4-5-13-9(17)11(2,6-7(14)15)8(16)12(3)10(13)18/h4H,1,5-6H2,2-3H3,(H,14,15). The molecule has 98 valence electrons. The van der Waals surface area contributed by atoms with Crippen molar-refractivity contribution in [1.29, 1.82) is 0 Å². The van der Waals surface area contributed by atoms with Gasteiger partial charge in [-0.15, -0.1) is 6.58 Å². The van der Waals surface area contributed by atoms with E-state index in [0.29, 0.717) is 0 Å². The average Bonchev–Trinajstić information content (AvgIpc) is 2.29. The Kier molecular flexibility index (Phi) is 3.54. The Morgan fingerprint density at radius 1 is 1.39 bits per heavy atom. The first-order valence-corrected chi connectivity index (χ1v) is 5.22. The Morgan fingerprint density at radius 2 is 1.94 bits per heavy atom. The smallest absolute Gasteiger partial charge is 0.333 e. The molecule has 1 fully saturated rings. The zero-order chi connectivity index (χ0) is 14.1. The minimum absolute atomic E-state index is 0.0650. The molecule has 0 aromatic heterocycles. The third-order valence-electron chi connectivity index (χ3n) is 2.83. The normalized spacial score (nSPS) is 24.4. The number of nitrogens with zero attached hydrogens (tertiary/aromatic N) is 2. The topological polar surface area (TPSA) is 95.0 Å². The minimum atomic E-state index is -1.75. The fourth-order valence-corrected chi connectivity index (χ4v) is 1.86. The predicted molar refractivity (Wildman–Crippen MR) is 60.4 cm³/mol. The van der Waals surface area contributed by atoms with Crippen LogP contribution in [0.3, 0.4) is 0 Å². The number of hydrogen-bond acceptors (Lipinski definition) is 4. The molecule has 0 aliphatic carbocycles. The number of hydrogen-bond donors (Lipinski definition) is 1. The third kappa shape index (κ3) is 1.99. The summed E-state index contributed by atoms with van der Waals surface area (Å²) in [5.41, 5.74) is -1.75. The Bertz CT molecular complexity index is 445. The molecule has 18 heavy (non-hydrogen) atoms. The van der Waals surface area contributed by atoms with Crippen LogP contribution in [-0.2, 0) is 14.4 Å². The van der Waals surface area contributed by atoms with Crippen LogP contribution >= 0.6 is 0 Å². The van der Waals surface area contributed by atoms with Crippen LogP contribution in [0.5, 0.6) is 0 Å². The van der Waals surface area contributed by atoms with Gasteiger partial charge in [-0.05, 0) is 6.92 Å². The first-order valence-electron chi connectivity index (χ1n) is 5.22. The molecule has 1 aliphatic heterocycles. The van der Waals surface area contributed by atoms with E-state index < -0.39 is 35.7 Å². The van der Waals surface area contributed by atoms with E-state index in [0.717, 1.165) is 9.80 Å². The summed E-state index contributed by atoms with van der Waals surface area (Å²) < 4.78 is 0. The quantitative estimate of drug-likeness (QED) is 0.566. The Balaban J connectivity index is 3.21. The third-order valence-corrected chi connectivity index (χ3v) is 2.83. The van der Waals surface area contributed by atoms with Crippen molar-refractivity contribution in [3.8, 4) is 0 Å². The summed E-state index contributed by atoms with van der Waals surface area (Å²) in [5.74, 6) is -2.89. The van der Waals surface area contributed by atoms with E-state index in [1.165, 1.54) is 20.0 Å². The highest BCUT2D eigenvalue weighted by Crippen LogP contribution is 2.31. The van der Waals surface area contributed by atoms with Gasteiger partial charge in [0.25, 0.3) is 0 Å². The van der Waals surface area contributed by atoms with Gasteiger partial charge in [0.15, 0.2) is 0 Å². The van der Waals surface area contributed by atoms with Crippen molar-refractivity contribution in [2.24, 2.45) is 5.41 Å². The molecule has 1 atom stereocenters. The highest BCUT2D eigenvalue weighted by Gasteiger charge is 2.54. The number of carboxylic acid groups (broad SMARTS) is 1. The van der Waals surface area contributed by atoms with Crippen molar-refractivity contribution in [3.05, 3.63) is 12.7 Å². The van der Waals surface area contributed by atoms with Crippen molar-refractivity contribution < 1.29 is 24.3 Å². The molecule has 4 amide bonds. The predicted octanol–water partition coefficient (Wildman–Crippen LogP) is 0.0740. The summed E-state index contributed by atoms with van der Waals surface area (Å²) in [4.78, 5) is 48.1. The molecular weight excluding hydrogens is 240 g/mol. The number of carbonyl (C=O) groups excluding carboxylic acids is 3. The molecule has 0 bridgehead atoms. The lowest BCUT2D eigenvalue weighted by molar-refractivity contribution is -0.162. The molecule has 1 rings (SSSR count). The first-order chi connectivity index (χ1) is 8.25. The molecule has 1 saturated heterocycles. The van der Waals surface area contributed by atoms with Crippen LogP contribution < -0.4 is 0 Å². The average molecular weight is 254 g/mol. The largest absolute Gasteiger partial charge is 0.481 e. The molecule has 0 aromatic carbocycles. The second-order valence-electron chi connectivity index (χ2n) is 4.25. The lowest BCUT2D eigenvalue weighted by Gasteiger charge is -2.39. The van der Waals surface area contributed by atoms with E-state index in [2.05, 4.69) is 6.58 Å². The summed E-state index contributed by atoms with van der Waals surface area (Å²) in [6.07, 6.45) is 0.677. The van der Waals surface area contributed by atoms with Crippen molar-refractivity contribution >= 4 is 23.8 Å². The van der Waals surface area contributed by atoms with Crippen molar-refractivity contribution in [2.45, 2.75) is 13.3 Å². The highest BCUT2D eigenvalue weighted by atomic mass is 16.4. The number of carboxylic acids is 1. The van der Waals surface area contributed by atoms with Gasteiger partial charge in [-0.3, -0.25) is 24.2 Å². The summed E-state index contributed by atoms with van der Waals surface area (Å²) >= 11 is 0. The second kappa shape index (κ2) is 4.59. The van der Waals surface area contributed by atoms with Crippen LogP contribution in [0.15, 0.2) is 12.7 Å². The maximum Gasteiger partial charge on any atom is 0.333 e. The van der Waals surface area contributed by atoms with Gasteiger partial charge in [0.1, 0.15) is 5.41 Å². The summed E-state index contributed by atoms with van der Waals surface area (Å²) in [7, 11) is 1.22. The van der Waals surface area contributed by atoms with Gasteiger partial charge >= 0.3 is 12.0 Å². The molecule has 7 nitrogen and oxygen atoms in total. The Morgan fingerprint density at radius 3 is 2.39 bits per heavy atom. The van der Waals surface area contributed by atoms with Crippen LogP contribution in [0.1, 0.15) is 13.3 Å². The van der Waals surface area contributed by atoms with E-state index in [-0.39, 0.29) is 6.54 Å². The van der Waals surface area contributed by atoms with Gasteiger partial charge in [-0.1, -0.05) is 6.08 Å². The number of carbonyl (C=O) groups is 4. The Labute approximate surface area is 104 Å². The summed E-state index contributed by atoms with van der Waals surface area (Å²) in [6.45, 7) is 4.57. The van der Waals surface area contributed by atoms with Gasteiger partial charge in [-0.2, -0.15) is 0 Å². The first kappa shape index (κ1) is 13.9. The summed E-state index contributed by atoms with van der Waals surface area (Å²) in [6, 6.07) is -0.771. The maximum atomic E-state index is 12.1. The van der Waals surface area contributed by atoms with E-state index in [9.17, 15) is 19.2 Å². The number of imide groups is 2. The van der Waals surface area contributed by atoms with E-state index in [1.54, 1.807) is 0 Å². The fourth-order valence-electron chi connectivity index (χ4n) is 1.86. The van der Waals surface area contributed by atoms with Crippen LogP contribution in [-0.4, -0.2) is 52.3 Å². The van der Waals surface area contributed by atoms with Gasteiger partial charge in [0, 0.05) is 13.6 Å². The lowest BCUT2D eigenvalue weighted by atomic mass is 9.82. The molecule has 1 N–H and O–H groups in total. The number of rotatable bonds is 4. The SMILES string of the molecule is C=CCN1C(=O)N(C)C(=O)C(C)(CC(=O)O)C1=O. The maximum absolute atomic E-state index is 12.1. The molecule has 0 radical (unpaired) electrons. The molecule has 1 unspecified atom stereocenters. The molecule has 1 aliphatic rings. The van der Waals surface area contributed by atoms with Crippen LogP contribution in [0.4, 0.5) is 4.79 Å². The van der Waals surface area contributed by atoms with Crippen molar-refractivity contribution in [1.82, 2.24) is 9.80 Å². The molecular formula is C11H14N2O5. The van der Waals surface area contributed by atoms with Gasteiger partial charge in [0.2, 0.25) is 11.8 Å². The number of aliphatic carboxylic acids is 1. The molecule has 0 spiro atoms. The lowest BCUT2D eigenvalue weighted by Crippen LogP contribution is -2.63. The minimum Gasteiger partial charge on any atom is -0.481 e. The van der Waals surface area contributed by atoms with Crippen LogP contribution in [0, 0.1) is 5.41 Å². The van der Waals surface area contributed by atoms with Crippen LogP contribution in [0.25, 0.3) is 0 Å². The van der Waals surface area contributed by atoms with Gasteiger partial charge in [0.05, 0.1) is 6.42 Å². The molecule has 1 heterocycles. The van der Waals surface area contributed by atoms with E-state index in [4.69, 9.17) is 5.11 Å². The zero-order valence-corrected chi connectivity index (χ0v) is 10.2. The second-order valence-corrected chi connectivity index (χ2v) is 4.25. The monoisotopic (exact) mass is 254 g/mol. The van der Waals surface area contributed by atoms with Crippen molar-refractivity contribution in [3.63, 3.8) is 0 Å². The molecule has 0 aromatic rings. The number of urea groups is 1. The van der Waals surface area contributed by atoms with E-state index in [1.807, 2.05) is 0 Å². The number of amides is 4.